The highest BCUT2D eigenvalue weighted by Gasteiger charge is 2.12. The minimum Gasteiger partial charge on any atom is -0.367 e. The van der Waals surface area contributed by atoms with Crippen LogP contribution < -0.4 is 10.8 Å². The number of aromatic nitrogens is 2. The second-order valence-electron chi connectivity index (χ2n) is 5.58. The van der Waals surface area contributed by atoms with Gasteiger partial charge in [-0.25, -0.2) is 9.02 Å². The minimum absolute atomic E-state index is 0.0650. The molecule has 0 aliphatic heterocycles. The molecule has 1 aromatic heterocycles. The van der Waals surface area contributed by atoms with E-state index in [0.717, 1.165) is 5.56 Å². The molecule has 2 aromatic carbocycles. The van der Waals surface area contributed by atoms with Crippen LogP contribution in [0.2, 0.25) is 0 Å². The van der Waals surface area contributed by atoms with Crippen molar-refractivity contribution in [2.75, 3.05) is 17.4 Å². The summed E-state index contributed by atoms with van der Waals surface area (Å²) in [5, 5.41) is 13.3. The zero-order valence-electron chi connectivity index (χ0n) is 14.8. The topological polar surface area (TPSA) is 111 Å². The molecule has 0 fully saturated rings. The van der Waals surface area contributed by atoms with Gasteiger partial charge in [-0.15, -0.1) is 0 Å². The first kappa shape index (κ1) is 20.4. The quantitative estimate of drug-likeness (QED) is 0.368. The Labute approximate surface area is 172 Å². The van der Waals surface area contributed by atoms with Crippen molar-refractivity contribution in [1.82, 2.24) is 10.3 Å². The number of nitrogens with one attached hydrogen (secondary N) is 2. The third kappa shape index (κ3) is 6.36. The molecule has 0 aliphatic carbocycles. The van der Waals surface area contributed by atoms with Gasteiger partial charge in [0.1, 0.15) is 18.6 Å². The molecule has 1 heterocycles. The van der Waals surface area contributed by atoms with Crippen LogP contribution in [0.5, 0.6) is 0 Å². The van der Waals surface area contributed by atoms with Crippen molar-refractivity contribution in [3.8, 4) is 0 Å². The first-order valence-electron chi connectivity index (χ1n) is 8.26. The Morgan fingerprint density at radius 2 is 2.07 bits per heavy atom. The number of hydrogen-bond acceptors (Lipinski definition) is 8. The number of halogens is 2. The van der Waals surface area contributed by atoms with Crippen LogP contribution >= 0.6 is 15.9 Å². The lowest BCUT2D eigenvalue weighted by Crippen LogP contribution is -2.19. The van der Waals surface area contributed by atoms with Gasteiger partial charge in [-0.3, -0.25) is 9.73 Å². The fourth-order valence-corrected chi connectivity index (χ4v) is 2.46. The molecule has 0 saturated heterocycles. The number of rotatable bonds is 9. The van der Waals surface area contributed by atoms with Crippen LogP contribution in [0.3, 0.4) is 0 Å². The highest BCUT2D eigenvalue weighted by atomic mass is 79.9. The van der Waals surface area contributed by atoms with E-state index in [1.807, 2.05) is 30.3 Å². The van der Waals surface area contributed by atoms with Crippen molar-refractivity contribution in [3.63, 3.8) is 0 Å². The van der Waals surface area contributed by atoms with E-state index in [-0.39, 0.29) is 22.6 Å². The number of nitrogens with zero attached hydrogens (tertiary/aromatic N) is 3. The summed E-state index contributed by atoms with van der Waals surface area (Å²) in [6.45, 7) is 0.133. The summed E-state index contributed by atoms with van der Waals surface area (Å²) in [6, 6.07) is 13.7. The van der Waals surface area contributed by atoms with E-state index in [9.17, 15) is 9.18 Å². The molecular weight excluding hydrogens is 449 g/mol. The molecule has 11 heteroatoms. The monoisotopic (exact) mass is 463 g/mol. The second kappa shape index (κ2) is 10.3. The van der Waals surface area contributed by atoms with E-state index in [4.69, 9.17) is 9.68 Å². The standard InChI is InChI=1S/C18H15BrFN5O4/c19-14-8-13(6-7-15(14)20)23-28-21-9-16-18(25-29-24-16)22-17(26)11-27-10-12-4-2-1-3-5-12/h1-9,23H,10-11H2,(H,22,25,26)/b21-9+. The van der Waals surface area contributed by atoms with Crippen LogP contribution in [0.4, 0.5) is 15.9 Å². The number of hydrogen-bond donors (Lipinski definition) is 2. The van der Waals surface area contributed by atoms with E-state index < -0.39 is 11.7 Å². The van der Waals surface area contributed by atoms with Gasteiger partial charge in [0, 0.05) is 0 Å². The molecule has 9 nitrogen and oxygen atoms in total. The maximum atomic E-state index is 13.2. The van der Waals surface area contributed by atoms with Gasteiger partial charge >= 0.3 is 0 Å². The summed E-state index contributed by atoms with van der Waals surface area (Å²) in [5.74, 6) is -0.766. The Bertz CT molecular complexity index is 983. The van der Waals surface area contributed by atoms with Crippen molar-refractivity contribution in [2.24, 2.45) is 5.16 Å². The lowest BCUT2D eigenvalue weighted by atomic mass is 10.2. The average molecular weight is 464 g/mol. The van der Waals surface area contributed by atoms with Crippen molar-refractivity contribution < 1.29 is 23.5 Å². The lowest BCUT2D eigenvalue weighted by molar-refractivity contribution is -0.121. The molecule has 0 radical (unpaired) electrons. The van der Waals surface area contributed by atoms with Gasteiger partial charge in [-0.1, -0.05) is 35.5 Å². The Morgan fingerprint density at radius 1 is 1.24 bits per heavy atom. The largest absolute Gasteiger partial charge is 0.367 e. The van der Waals surface area contributed by atoms with E-state index in [0.29, 0.717) is 12.3 Å². The summed E-state index contributed by atoms with van der Waals surface area (Å²) in [6.07, 6.45) is 1.18. The first-order chi connectivity index (χ1) is 14.1. The molecule has 0 unspecified atom stereocenters. The molecule has 29 heavy (non-hydrogen) atoms. The minimum atomic E-state index is -0.429. The Morgan fingerprint density at radius 3 is 2.86 bits per heavy atom. The van der Waals surface area contributed by atoms with E-state index in [1.165, 1.54) is 24.4 Å². The van der Waals surface area contributed by atoms with Crippen molar-refractivity contribution in [1.29, 1.82) is 0 Å². The van der Waals surface area contributed by atoms with Crippen LogP contribution in [0.25, 0.3) is 0 Å². The maximum absolute atomic E-state index is 13.2. The molecule has 3 rings (SSSR count). The Balaban J connectivity index is 1.45. The number of amides is 1. The predicted molar refractivity (Wildman–Crippen MR) is 105 cm³/mol. The molecule has 1 amide bonds. The zero-order chi connectivity index (χ0) is 20.5. The SMILES string of the molecule is O=C(COCc1ccccc1)Nc1nonc1/C=N/ONc1ccc(F)c(Br)c1. The lowest BCUT2D eigenvalue weighted by Gasteiger charge is -2.04. The fraction of sp³-hybridized carbons (Fsp3) is 0.111. The number of carbonyl (C=O) groups excluding carboxylic acids is 1. The Hall–Kier alpha value is -3.31. The van der Waals surface area contributed by atoms with Crippen molar-refractivity contribution in [2.45, 2.75) is 6.61 Å². The third-order valence-corrected chi connectivity index (χ3v) is 4.03. The first-order valence-corrected chi connectivity index (χ1v) is 9.05. The van der Waals surface area contributed by atoms with Gasteiger partial charge in [0.25, 0.3) is 5.91 Å². The van der Waals surface area contributed by atoms with Gasteiger partial charge in [0.2, 0.25) is 5.82 Å². The van der Waals surface area contributed by atoms with Gasteiger partial charge < -0.3 is 10.1 Å². The average Bonchev–Trinajstić information content (AvgIpc) is 3.15. The number of anilines is 2. The summed E-state index contributed by atoms with van der Waals surface area (Å²) in [5.41, 5.74) is 4.06. The van der Waals surface area contributed by atoms with Crippen LogP contribution in [-0.2, 0) is 21.1 Å². The third-order valence-electron chi connectivity index (χ3n) is 3.43. The molecule has 0 atom stereocenters. The molecule has 150 valence electrons. The highest BCUT2D eigenvalue weighted by Crippen LogP contribution is 2.19. The molecular formula is C18H15BrFN5O4. The molecule has 0 spiro atoms. The van der Waals surface area contributed by atoms with Crippen LogP contribution in [-0.4, -0.2) is 29.0 Å². The summed E-state index contributed by atoms with van der Waals surface area (Å²) in [7, 11) is 0. The van der Waals surface area contributed by atoms with Crippen LogP contribution in [0.1, 0.15) is 11.3 Å². The van der Waals surface area contributed by atoms with Gasteiger partial charge in [-0.2, -0.15) is 5.48 Å². The molecule has 3 aromatic rings. The van der Waals surface area contributed by atoms with E-state index in [1.54, 1.807) is 0 Å². The van der Waals surface area contributed by atoms with Gasteiger partial charge in [0.15, 0.2) is 5.69 Å². The molecule has 2 N–H and O–H groups in total. The Kier molecular flexibility index (Phi) is 7.25. The maximum Gasteiger partial charge on any atom is 0.251 e. The summed E-state index contributed by atoms with van der Waals surface area (Å²) in [4.78, 5) is 16.8. The van der Waals surface area contributed by atoms with Crippen molar-refractivity contribution >= 4 is 39.6 Å². The zero-order valence-corrected chi connectivity index (χ0v) is 16.4. The van der Waals surface area contributed by atoms with E-state index >= 15 is 0 Å². The fourth-order valence-electron chi connectivity index (χ4n) is 2.09. The summed E-state index contributed by atoms with van der Waals surface area (Å²) >= 11 is 3.06. The molecule has 0 saturated carbocycles. The van der Waals surface area contributed by atoms with Crippen molar-refractivity contribution in [3.05, 3.63) is 70.1 Å². The van der Waals surface area contributed by atoms with E-state index in [2.05, 4.69) is 46.8 Å². The van der Waals surface area contributed by atoms with Crippen LogP contribution in [0, 0.1) is 5.82 Å². The van der Waals surface area contributed by atoms with Gasteiger partial charge in [-0.05, 0) is 50.0 Å². The number of oxime groups is 1. The number of benzene rings is 2. The van der Waals surface area contributed by atoms with Crippen LogP contribution in [0.15, 0.2) is 62.8 Å². The highest BCUT2D eigenvalue weighted by molar-refractivity contribution is 9.10. The predicted octanol–water partition coefficient (Wildman–Crippen LogP) is 3.50. The normalized spacial score (nSPS) is 10.8. The number of carbonyl (C=O) groups is 1. The molecule has 0 aliphatic rings. The second-order valence-corrected chi connectivity index (χ2v) is 6.44. The smallest absolute Gasteiger partial charge is 0.251 e. The van der Waals surface area contributed by atoms with Gasteiger partial charge in [0.05, 0.1) is 16.8 Å². The molecule has 0 bridgehead atoms. The summed E-state index contributed by atoms with van der Waals surface area (Å²) < 4.78 is 23.4. The number of ether oxygens (including phenoxy) is 1.